The average Bonchev–Trinajstić information content (AvgIpc) is 3.17. The first-order chi connectivity index (χ1) is 18.3. The first-order valence-corrected chi connectivity index (χ1v) is 14.3. The zero-order chi connectivity index (χ0) is 27.4. The summed E-state index contributed by atoms with van der Waals surface area (Å²) in [5, 5.41) is 0. The molecule has 0 bridgehead atoms. The van der Waals surface area contributed by atoms with E-state index in [1.54, 1.807) is 30.6 Å². The zero-order valence-corrected chi connectivity index (χ0v) is 25.1. The second-order valence-corrected chi connectivity index (χ2v) is 10.9. The molecule has 0 N–H and O–H groups in total. The third-order valence-corrected chi connectivity index (χ3v) is 7.85. The van der Waals surface area contributed by atoms with Crippen LogP contribution in [0, 0.1) is 0 Å². The monoisotopic (exact) mass is 660 g/mol. The molecule has 1 aliphatic rings. The maximum atomic E-state index is 13.8. The number of hydrogen-bond acceptors (Lipinski definition) is 7. The fourth-order valence-electron chi connectivity index (χ4n) is 4.11. The van der Waals surface area contributed by atoms with Gasteiger partial charge in [-0.15, -0.1) is 0 Å². The number of ether oxygens (including phenoxy) is 3. The van der Waals surface area contributed by atoms with E-state index in [1.807, 2.05) is 43.3 Å². The van der Waals surface area contributed by atoms with Crippen LogP contribution in [0.2, 0.25) is 0 Å². The highest BCUT2D eigenvalue weighted by Crippen LogP contribution is 2.35. The topological polar surface area (TPSA) is 79.1 Å². The Bertz CT molecular complexity index is 1570. The summed E-state index contributed by atoms with van der Waals surface area (Å²) in [6.45, 7) is 10.2. The molecule has 2 aromatic carbocycles. The van der Waals surface area contributed by atoms with Crippen molar-refractivity contribution in [1.29, 1.82) is 0 Å². The number of carbonyl (C=O) groups excluding carboxylic acids is 1. The average molecular weight is 662 g/mol. The highest BCUT2D eigenvalue weighted by atomic mass is 79.9. The van der Waals surface area contributed by atoms with Gasteiger partial charge < -0.3 is 14.2 Å². The Balaban J connectivity index is 1.87. The number of esters is 1. The molecule has 0 fully saturated rings. The van der Waals surface area contributed by atoms with E-state index < -0.39 is 12.0 Å². The molecule has 38 heavy (non-hydrogen) atoms. The van der Waals surface area contributed by atoms with Crippen LogP contribution < -0.4 is 24.4 Å². The predicted octanol–water partition coefficient (Wildman–Crippen LogP) is 5.29. The number of nitrogens with zero attached hydrogens (tertiary/aromatic N) is 2. The van der Waals surface area contributed by atoms with Crippen molar-refractivity contribution in [3.8, 4) is 11.5 Å². The number of carbonyl (C=O) groups is 1. The SMILES string of the molecule is C=CCOc1c(Br)cc(/C=c2\sc3n(c2=O)[C@H](c2ccc(OCC)cc2)C(C(=O)OCC)=C(C)N=3)cc1Br. The first-order valence-electron chi connectivity index (χ1n) is 11.9. The Morgan fingerprint density at radius 3 is 2.42 bits per heavy atom. The van der Waals surface area contributed by atoms with Gasteiger partial charge in [0.15, 0.2) is 4.80 Å². The van der Waals surface area contributed by atoms with Crippen LogP contribution in [0.3, 0.4) is 0 Å². The molecule has 4 rings (SSSR count). The second kappa shape index (κ2) is 12.3. The van der Waals surface area contributed by atoms with Crippen molar-refractivity contribution in [3.05, 3.63) is 100 Å². The van der Waals surface area contributed by atoms with Gasteiger partial charge in [-0.05, 0) is 94.1 Å². The normalized spacial score (nSPS) is 15.1. The molecule has 10 heteroatoms. The Morgan fingerprint density at radius 1 is 1.13 bits per heavy atom. The number of hydrogen-bond donors (Lipinski definition) is 0. The van der Waals surface area contributed by atoms with Gasteiger partial charge in [-0.25, -0.2) is 9.79 Å². The van der Waals surface area contributed by atoms with Crippen LogP contribution in [-0.2, 0) is 9.53 Å². The van der Waals surface area contributed by atoms with Crippen molar-refractivity contribution in [3.63, 3.8) is 0 Å². The first kappa shape index (κ1) is 28.1. The van der Waals surface area contributed by atoms with Gasteiger partial charge in [0.1, 0.15) is 18.1 Å². The summed E-state index contributed by atoms with van der Waals surface area (Å²) >= 11 is 8.36. The Kier molecular flexibility index (Phi) is 9.07. The number of benzene rings is 2. The lowest BCUT2D eigenvalue weighted by molar-refractivity contribution is -0.139. The van der Waals surface area contributed by atoms with E-state index in [0.29, 0.717) is 45.3 Å². The molecule has 198 valence electrons. The van der Waals surface area contributed by atoms with Crippen LogP contribution in [0.25, 0.3) is 6.08 Å². The van der Waals surface area contributed by atoms with E-state index in [4.69, 9.17) is 14.2 Å². The number of thiazole rings is 1. The Morgan fingerprint density at radius 2 is 1.82 bits per heavy atom. The summed E-state index contributed by atoms with van der Waals surface area (Å²) in [6, 6.07) is 10.5. The van der Waals surface area contributed by atoms with Gasteiger partial charge in [0.05, 0.1) is 44.0 Å². The maximum Gasteiger partial charge on any atom is 0.338 e. The van der Waals surface area contributed by atoms with Crippen molar-refractivity contribution in [1.82, 2.24) is 4.57 Å². The van der Waals surface area contributed by atoms with Crippen LogP contribution in [0.4, 0.5) is 0 Å². The summed E-state index contributed by atoms with van der Waals surface area (Å²) in [6.07, 6.45) is 3.47. The Hall–Kier alpha value is -2.95. The predicted molar refractivity (Wildman–Crippen MR) is 156 cm³/mol. The molecular formula is C28H26Br2N2O5S. The molecule has 0 amide bonds. The highest BCUT2D eigenvalue weighted by molar-refractivity contribution is 9.11. The molecule has 1 aliphatic heterocycles. The van der Waals surface area contributed by atoms with Crippen molar-refractivity contribution in [2.24, 2.45) is 4.99 Å². The highest BCUT2D eigenvalue weighted by Gasteiger charge is 2.33. The van der Waals surface area contributed by atoms with E-state index in [1.165, 1.54) is 11.3 Å². The molecule has 0 unspecified atom stereocenters. The van der Waals surface area contributed by atoms with Gasteiger partial charge in [0, 0.05) is 0 Å². The van der Waals surface area contributed by atoms with Crippen LogP contribution in [0.15, 0.2) is 79.1 Å². The minimum atomic E-state index is -0.684. The van der Waals surface area contributed by atoms with Gasteiger partial charge in [-0.1, -0.05) is 36.1 Å². The number of fused-ring (bicyclic) bond motifs is 1. The Labute approximate surface area is 241 Å². The standard InChI is InChI=1S/C28H26Br2N2O5S/c1-5-12-37-25-20(29)13-17(14-21(25)30)15-22-26(33)32-24(18-8-10-19(11-9-18)35-6-2)23(27(34)36-7-3)16(4)31-28(32)38-22/h5,8-11,13-15,24H,1,6-7,12H2,2-4H3/b22-15-/t24-/m1/s1. The van der Waals surface area contributed by atoms with Gasteiger partial charge in [-0.2, -0.15) is 0 Å². The summed E-state index contributed by atoms with van der Waals surface area (Å²) in [5.41, 5.74) is 2.15. The molecule has 0 saturated carbocycles. The maximum absolute atomic E-state index is 13.8. The zero-order valence-electron chi connectivity index (χ0n) is 21.1. The number of allylic oxidation sites excluding steroid dienone is 1. The van der Waals surface area contributed by atoms with Gasteiger partial charge in [0.25, 0.3) is 5.56 Å². The van der Waals surface area contributed by atoms with Gasteiger partial charge in [0.2, 0.25) is 0 Å². The third-order valence-electron chi connectivity index (χ3n) is 5.69. The van der Waals surface area contributed by atoms with Crippen LogP contribution in [-0.4, -0.2) is 30.4 Å². The van der Waals surface area contributed by atoms with Crippen LogP contribution >= 0.6 is 43.2 Å². The molecule has 7 nitrogen and oxygen atoms in total. The molecule has 0 radical (unpaired) electrons. The van der Waals surface area contributed by atoms with Crippen molar-refractivity contribution in [2.45, 2.75) is 26.8 Å². The van der Waals surface area contributed by atoms with E-state index in [2.05, 4.69) is 43.4 Å². The summed E-state index contributed by atoms with van der Waals surface area (Å²) < 4.78 is 20.2. The molecule has 1 aromatic heterocycles. The molecule has 0 saturated heterocycles. The number of aromatic nitrogens is 1. The largest absolute Gasteiger partial charge is 0.494 e. The third kappa shape index (κ3) is 5.72. The molecule has 0 aliphatic carbocycles. The van der Waals surface area contributed by atoms with Gasteiger partial charge >= 0.3 is 5.97 Å². The lowest BCUT2D eigenvalue weighted by atomic mass is 9.96. The van der Waals surface area contributed by atoms with E-state index in [9.17, 15) is 9.59 Å². The fourth-order valence-corrected chi connectivity index (χ4v) is 6.61. The minimum Gasteiger partial charge on any atom is -0.494 e. The van der Waals surface area contributed by atoms with Crippen molar-refractivity contribution >= 4 is 55.2 Å². The van der Waals surface area contributed by atoms with Gasteiger partial charge in [-0.3, -0.25) is 9.36 Å². The lowest BCUT2D eigenvalue weighted by Gasteiger charge is -2.24. The molecular weight excluding hydrogens is 636 g/mol. The number of halogens is 2. The smallest absolute Gasteiger partial charge is 0.338 e. The summed E-state index contributed by atoms with van der Waals surface area (Å²) in [7, 11) is 0. The minimum absolute atomic E-state index is 0.215. The number of rotatable bonds is 9. The lowest BCUT2D eigenvalue weighted by Crippen LogP contribution is -2.39. The van der Waals surface area contributed by atoms with Crippen LogP contribution in [0.1, 0.15) is 37.9 Å². The molecule has 1 atom stereocenters. The molecule has 2 heterocycles. The molecule has 0 spiro atoms. The van der Waals surface area contributed by atoms with E-state index in [0.717, 1.165) is 20.1 Å². The quantitative estimate of drug-likeness (QED) is 0.230. The fraction of sp³-hybridized carbons (Fsp3) is 0.250. The summed E-state index contributed by atoms with van der Waals surface area (Å²) in [5.74, 6) is 0.859. The van der Waals surface area contributed by atoms with E-state index in [-0.39, 0.29) is 12.2 Å². The second-order valence-electron chi connectivity index (χ2n) is 8.22. The van der Waals surface area contributed by atoms with Crippen molar-refractivity contribution < 1.29 is 19.0 Å². The summed E-state index contributed by atoms with van der Waals surface area (Å²) in [4.78, 5) is 32.0. The van der Waals surface area contributed by atoms with Crippen LogP contribution in [0.5, 0.6) is 11.5 Å². The van der Waals surface area contributed by atoms with Crippen molar-refractivity contribution in [2.75, 3.05) is 19.8 Å². The van der Waals surface area contributed by atoms with E-state index >= 15 is 0 Å². The molecule has 3 aromatic rings.